The van der Waals surface area contributed by atoms with Crippen LogP contribution in [0.2, 0.25) is 0 Å². The van der Waals surface area contributed by atoms with Crippen molar-refractivity contribution in [2.75, 3.05) is 37.6 Å². The van der Waals surface area contributed by atoms with E-state index in [1.165, 1.54) is 36.9 Å². The molecule has 2 aliphatic heterocycles. The molecule has 2 saturated heterocycles. The molecule has 1 unspecified atom stereocenters. The van der Waals surface area contributed by atoms with E-state index in [9.17, 15) is 0 Å². The second kappa shape index (κ2) is 11.3. The molecule has 0 spiro atoms. The smallest absolute Gasteiger partial charge is 0.191 e. The number of aliphatic imine (C=N–C) groups is 1. The molecule has 2 aromatic rings. The van der Waals surface area contributed by atoms with Gasteiger partial charge in [0.15, 0.2) is 11.1 Å². The number of benzene rings is 1. The van der Waals surface area contributed by atoms with Gasteiger partial charge < -0.3 is 15.5 Å². The highest BCUT2D eigenvalue weighted by molar-refractivity contribution is 14.0. The second-order valence-electron chi connectivity index (χ2n) is 8.09. The summed E-state index contributed by atoms with van der Waals surface area (Å²) in [6, 6.07) is 9.58. The predicted octanol–water partition coefficient (Wildman–Crippen LogP) is 3.77. The van der Waals surface area contributed by atoms with E-state index in [1.54, 1.807) is 11.3 Å². The van der Waals surface area contributed by atoms with E-state index >= 15 is 0 Å². The average molecular weight is 541 g/mol. The first kappa shape index (κ1) is 23.3. The van der Waals surface area contributed by atoms with E-state index in [4.69, 9.17) is 5.73 Å². The van der Waals surface area contributed by atoms with Crippen molar-refractivity contribution in [3.8, 4) is 0 Å². The Morgan fingerprint density at radius 3 is 2.50 bits per heavy atom. The van der Waals surface area contributed by atoms with Gasteiger partial charge in [-0.1, -0.05) is 30.7 Å². The van der Waals surface area contributed by atoms with Crippen LogP contribution in [0.25, 0.3) is 0 Å². The molecule has 2 aliphatic rings. The third-order valence-electron chi connectivity index (χ3n) is 6.07. The lowest BCUT2D eigenvalue weighted by atomic mass is 10.0. The molecule has 1 atom stereocenters. The SMILES string of the molecule is CC1CCCCN1Cc1ccc(CN=C(N)N2CCN(c3nccs3)CC2)cc1.I. The van der Waals surface area contributed by atoms with E-state index in [2.05, 4.69) is 55.9 Å². The molecule has 1 aromatic carbocycles. The Kier molecular flexibility index (Phi) is 8.76. The van der Waals surface area contributed by atoms with Crippen molar-refractivity contribution in [1.82, 2.24) is 14.8 Å². The highest BCUT2D eigenvalue weighted by Gasteiger charge is 2.20. The third-order valence-corrected chi connectivity index (χ3v) is 6.90. The van der Waals surface area contributed by atoms with Crippen LogP contribution in [0.5, 0.6) is 0 Å². The molecule has 30 heavy (non-hydrogen) atoms. The summed E-state index contributed by atoms with van der Waals surface area (Å²) in [5.74, 6) is 0.648. The molecule has 2 fully saturated rings. The van der Waals surface area contributed by atoms with E-state index in [0.29, 0.717) is 18.5 Å². The highest BCUT2D eigenvalue weighted by atomic mass is 127. The Morgan fingerprint density at radius 1 is 1.10 bits per heavy atom. The van der Waals surface area contributed by atoms with Crippen LogP contribution in [0.15, 0.2) is 40.8 Å². The summed E-state index contributed by atoms with van der Waals surface area (Å²) in [5.41, 5.74) is 8.87. The number of nitrogens with two attached hydrogens (primary N) is 1. The van der Waals surface area contributed by atoms with Crippen LogP contribution in [0.4, 0.5) is 5.13 Å². The zero-order valence-electron chi connectivity index (χ0n) is 17.7. The quantitative estimate of drug-likeness (QED) is 0.356. The maximum absolute atomic E-state index is 6.27. The van der Waals surface area contributed by atoms with Gasteiger partial charge in [0, 0.05) is 50.3 Å². The maximum Gasteiger partial charge on any atom is 0.191 e. The minimum atomic E-state index is 0. The summed E-state index contributed by atoms with van der Waals surface area (Å²) in [6.07, 6.45) is 5.88. The summed E-state index contributed by atoms with van der Waals surface area (Å²) in [4.78, 5) is 16.1. The topological polar surface area (TPSA) is 61.0 Å². The van der Waals surface area contributed by atoms with E-state index in [0.717, 1.165) is 37.9 Å². The molecule has 6 nitrogen and oxygen atoms in total. The molecule has 1 aromatic heterocycles. The lowest BCUT2D eigenvalue weighted by molar-refractivity contribution is 0.152. The lowest BCUT2D eigenvalue weighted by Gasteiger charge is -2.35. The number of guanidine groups is 1. The van der Waals surface area contributed by atoms with Crippen molar-refractivity contribution in [3.05, 3.63) is 47.0 Å². The molecule has 3 heterocycles. The van der Waals surface area contributed by atoms with Gasteiger partial charge in [-0.2, -0.15) is 0 Å². The number of aromatic nitrogens is 1. The van der Waals surface area contributed by atoms with E-state index < -0.39 is 0 Å². The lowest BCUT2D eigenvalue weighted by Crippen LogP contribution is -2.51. The molecular formula is C22H33IN6S. The number of likely N-dealkylation sites (tertiary alicyclic amines) is 1. The van der Waals surface area contributed by atoms with Crippen LogP contribution in [0.1, 0.15) is 37.3 Å². The van der Waals surface area contributed by atoms with Crippen LogP contribution in [0, 0.1) is 0 Å². The number of anilines is 1. The fourth-order valence-electron chi connectivity index (χ4n) is 4.15. The predicted molar refractivity (Wildman–Crippen MR) is 137 cm³/mol. The van der Waals surface area contributed by atoms with Crippen molar-refractivity contribution >= 4 is 46.4 Å². The Balaban J connectivity index is 0.00000256. The van der Waals surface area contributed by atoms with Gasteiger partial charge in [-0.15, -0.1) is 35.3 Å². The number of hydrogen-bond acceptors (Lipinski definition) is 5. The molecular weight excluding hydrogens is 507 g/mol. The Labute approximate surface area is 201 Å². The minimum absolute atomic E-state index is 0. The molecule has 0 saturated carbocycles. The Hall–Kier alpha value is -1.39. The summed E-state index contributed by atoms with van der Waals surface area (Å²) in [7, 11) is 0. The van der Waals surface area contributed by atoms with Crippen molar-refractivity contribution in [3.63, 3.8) is 0 Å². The maximum atomic E-state index is 6.27. The fourth-order valence-corrected chi connectivity index (χ4v) is 4.85. The summed E-state index contributed by atoms with van der Waals surface area (Å²) >= 11 is 1.69. The fraction of sp³-hybridized carbons (Fsp3) is 0.545. The van der Waals surface area contributed by atoms with Crippen molar-refractivity contribution in [1.29, 1.82) is 0 Å². The first-order chi connectivity index (χ1) is 14.2. The molecule has 0 aliphatic carbocycles. The van der Waals surface area contributed by atoms with Crippen molar-refractivity contribution in [2.45, 2.75) is 45.3 Å². The summed E-state index contributed by atoms with van der Waals surface area (Å²) in [5, 5.41) is 3.12. The number of rotatable bonds is 5. The van der Waals surface area contributed by atoms with Crippen molar-refractivity contribution < 1.29 is 0 Å². The Bertz CT molecular complexity index is 786. The standard InChI is InChI=1S/C22H32N6S.HI/c1-18-4-2-3-10-28(18)17-20-7-5-19(6-8-20)16-25-21(23)26-11-13-27(14-12-26)22-24-9-15-29-22;/h5-9,15,18H,2-4,10-14,16-17H2,1H3,(H2,23,25);1H. The normalized spacial score (nSPS) is 20.8. The monoisotopic (exact) mass is 540 g/mol. The zero-order chi connectivity index (χ0) is 20.1. The van der Waals surface area contributed by atoms with Gasteiger partial charge in [0.05, 0.1) is 6.54 Å². The van der Waals surface area contributed by atoms with Gasteiger partial charge in [-0.25, -0.2) is 9.98 Å². The molecule has 0 bridgehead atoms. The third kappa shape index (κ3) is 6.07. The van der Waals surface area contributed by atoms with Crippen LogP contribution >= 0.6 is 35.3 Å². The van der Waals surface area contributed by atoms with Gasteiger partial charge in [0.1, 0.15) is 0 Å². The van der Waals surface area contributed by atoms with Crippen LogP contribution < -0.4 is 10.6 Å². The van der Waals surface area contributed by atoms with E-state index in [1.807, 2.05) is 11.6 Å². The molecule has 164 valence electrons. The number of halogens is 1. The highest BCUT2D eigenvalue weighted by Crippen LogP contribution is 2.20. The van der Waals surface area contributed by atoms with Gasteiger partial charge in [0.2, 0.25) is 0 Å². The first-order valence-corrected chi connectivity index (χ1v) is 11.6. The summed E-state index contributed by atoms with van der Waals surface area (Å²) < 4.78 is 0. The number of piperazine rings is 1. The van der Waals surface area contributed by atoms with Gasteiger partial charge in [-0.3, -0.25) is 4.90 Å². The van der Waals surface area contributed by atoms with Gasteiger partial charge >= 0.3 is 0 Å². The largest absolute Gasteiger partial charge is 0.370 e. The molecule has 0 radical (unpaired) electrons. The zero-order valence-corrected chi connectivity index (χ0v) is 20.9. The van der Waals surface area contributed by atoms with Crippen LogP contribution in [-0.2, 0) is 13.1 Å². The molecule has 0 amide bonds. The number of hydrogen-bond donors (Lipinski definition) is 1. The Morgan fingerprint density at radius 2 is 1.83 bits per heavy atom. The van der Waals surface area contributed by atoms with Gasteiger partial charge in [-0.05, 0) is 37.4 Å². The number of thiazole rings is 1. The van der Waals surface area contributed by atoms with E-state index in [-0.39, 0.29) is 24.0 Å². The molecule has 2 N–H and O–H groups in total. The minimum Gasteiger partial charge on any atom is -0.370 e. The summed E-state index contributed by atoms with van der Waals surface area (Å²) in [6.45, 7) is 8.92. The van der Waals surface area contributed by atoms with Crippen LogP contribution in [-0.4, -0.2) is 59.5 Å². The van der Waals surface area contributed by atoms with Crippen LogP contribution in [0.3, 0.4) is 0 Å². The second-order valence-corrected chi connectivity index (χ2v) is 8.97. The average Bonchev–Trinajstić information content (AvgIpc) is 3.30. The first-order valence-electron chi connectivity index (χ1n) is 10.7. The van der Waals surface area contributed by atoms with Crippen molar-refractivity contribution in [2.24, 2.45) is 10.7 Å². The molecule has 8 heteroatoms. The number of piperidine rings is 1. The van der Waals surface area contributed by atoms with Gasteiger partial charge in [0.25, 0.3) is 0 Å². The molecule has 4 rings (SSSR count). The number of nitrogens with zero attached hydrogens (tertiary/aromatic N) is 5.